The lowest BCUT2D eigenvalue weighted by Gasteiger charge is -2.07. The van der Waals surface area contributed by atoms with Gasteiger partial charge in [-0.05, 0) is 13.0 Å². The average Bonchev–Trinajstić information content (AvgIpc) is 2.22. The normalized spacial score (nSPS) is 9.47. The highest BCUT2D eigenvalue weighted by Crippen LogP contribution is 2.27. The quantitative estimate of drug-likeness (QED) is 0.641. The topological polar surface area (TPSA) is 96.0 Å². The zero-order valence-corrected chi connectivity index (χ0v) is 8.86. The minimum absolute atomic E-state index is 0.00282. The molecule has 1 N–H and O–H groups in total. The molecule has 0 heterocycles. The molecule has 0 aliphatic carbocycles. The summed E-state index contributed by atoms with van der Waals surface area (Å²) in [5.41, 5.74) is -0.281. The van der Waals surface area contributed by atoms with E-state index in [9.17, 15) is 19.3 Å². The van der Waals surface area contributed by atoms with Gasteiger partial charge in [0.1, 0.15) is 12.2 Å². The van der Waals surface area contributed by atoms with E-state index in [2.05, 4.69) is 5.32 Å². The van der Waals surface area contributed by atoms with Crippen molar-refractivity contribution >= 4 is 17.3 Å². The lowest BCUT2D eigenvalue weighted by Crippen LogP contribution is -2.12. The first kappa shape index (κ1) is 12.6. The van der Waals surface area contributed by atoms with Gasteiger partial charge in [0.2, 0.25) is 5.91 Å². The number of benzene rings is 1. The van der Waals surface area contributed by atoms with Crippen molar-refractivity contribution in [2.45, 2.75) is 13.3 Å². The number of nitriles is 1. The maximum Gasteiger partial charge on any atom is 0.277 e. The van der Waals surface area contributed by atoms with E-state index >= 15 is 0 Å². The minimum Gasteiger partial charge on any atom is -0.325 e. The van der Waals surface area contributed by atoms with Crippen molar-refractivity contribution in [2.24, 2.45) is 0 Å². The zero-order chi connectivity index (χ0) is 13.0. The lowest BCUT2D eigenvalue weighted by atomic mass is 10.1. The summed E-state index contributed by atoms with van der Waals surface area (Å²) >= 11 is 0. The van der Waals surface area contributed by atoms with Crippen molar-refractivity contribution in [3.05, 3.63) is 33.6 Å². The third kappa shape index (κ3) is 2.98. The largest absolute Gasteiger partial charge is 0.325 e. The molecule has 88 valence electrons. The molecule has 0 radical (unpaired) electrons. The van der Waals surface area contributed by atoms with Crippen LogP contribution >= 0.6 is 0 Å². The van der Waals surface area contributed by atoms with Crippen molar-refractivity contribution in [3.8, 4) is 6.07 Å². The van der Waals surface area contributed by atoms with E-state index < -0.39 is 28.8 Å². The first-order valence-corrected chi connectivity index (χ1v) is 4.57. The lowest BCUT2D eigenvalue weighted by molar-refractivity contribution is -0.385. The molecule has 1 amide bonds. The number of nitro benzene ring substituents is 1. The van der Waals surface area contributed by atoms with Crippen molar-refractivity contribution in [1.29, 1.82) is 5.26 Å². The van der Waals surface area contributed by atoms with Crippen LogP contribution in [0.3, 0.4) is 0 Å². The van der Waals surface area contributed by atoms with Crippen LogP contribution in [0.1, 0.15) is 12.0 Å². The van der Waals surface area contributed by atoms with Crippen LogP contribution in [0, 0.1) is 34.2 Å². The summed E-state index contributed by atoms with van der Waals surface area (Å²) in [7, 11) is 0. The predicted octanol–water partition coefficient (Wildman–Crippen LogP) is 1.89. The molecule has 0 aliphatic rings. The van der Waals surface area contributed by atoms with Crippen LogP contribution in [0.5, 0.6) is 0 Å². The molecule has 0 saturated carbocycles. The molecule has 0 spiro atoms. The third-order valence-electron chi connectivity index (χ3n) is 2.06. The summed E-state index contributed by atoms with van der Waals surface area (Å²) in [6.07, 6.45) is -0.399. The Bertz CT molecular complexity index is 522. The second-order valence-corrected chi connectivity index (χ2v) is 3.24. The highest BCUT2D eigenvalue weighted by Gasteiger charge is 2.17. The average molecular weight is 237 g/mol. The van der Waals surface area contributed by atoms with E-state index in [0.29, 0.717) is 0 Å². The van der Waals surface area contributed by atoms with Gasteiger partial charge in [-0.3, -0.25) is 14.9 Å². The Balaban J connectivity index is 3.13. The van der Waals surface area contributed by atoms with Gasteiger partial charge in [-0.25, -0.2) is 4.39 Å². The number of carbonyl (C=O) groups excluding carboxylic acids is 1. The number of hydrogen-bond donors (Lipinski definition) is 1. The molecular weight excluding hydrogens is 229 g/mol. The third-order valence-corrected chi connectivity index (χ3v) is 2.06. The molecule has 0 bridgehead atoms. The summed E-state index contributed by atoms with van der Waals surface area (Å²) in [5.74, 6) is -1.47. The summed E-state index contributed by atoms with van der Waals surface area (Å²) in [4.78, 5) is 21.0. The number of nitro groups is 1. The standard InChI is InChI=1S/C10H8FN3O3/c1-6-8(13-10(15)2-3-12)4-7(11)5-9(6)14(16)17/h4-5H,2H2,1H3,(H,13,15). The summed E-state index contributed by atoms with van der Waals surface area (Å²) in [6.45, 7) is 1.39. The fraction of sp³-hybridized carbons (Fsp3) is 0.200. The number of nitrogens with one attached hydrogen (secondary N) is 1. The molecule has 17 heavy (non-hydrogen) atoms. The zero-order valence-electron chi connectivity index (χ0n) is 8.86. The molecule has 1 rings (SSSR count). The number of nitrogens with zero attached hydrogens (tertiary/aromatic N) is 2. The maximum atomic E-state index is 13.1. The van der Waals surface area contributed by atoms with Crippen LogP contribution in [0.4, 0.5) is 15.8 Å². The van der Waals surface area contributed by atoms with Crippen LogP contribution in [0.25, 0.3) is 0 Å². The van der Waals surface area contributed by atoms with Gasteiger partial charge in [0.15, 0.2) is 0 Å². The second kappa shape index (κ2) is 5.03. The number of amides is 1. The van der Waals surface area contributed by atoms with Crippen LogP contribution in [-0.4, -0.2) is 10.8 Å². The molecule has 0 aromatic heterocycles. The Labute approximate surface area is 95.8 Å². The number of carbonyl (C=O) groups is 1. The van der Waals surface area contributed by atoms with E-state index in [1.165, 1.54) is 6.92 Å². The minimum atomic E-state index is -0.824. The van der Waals surface area contributed by atoms with Gasteiger partial charge in [-0.1, -0.05) is 0 Å². The van der Waals surface area contributed by atoms with Crippen molar-refractivity contribution in [2.75, 3.05) is 5.32 Å². The van der Waals surface area contributed by atoms with Crippen LogP contribution in [0.2, 0.25) is 0 Å². The highest BCUT2D eigenvalue weighted by atomic mass is 19.1. The Morgan fingerprint density at radius 1 is 1.65 bits per heavy atom. The van der Waals surface area contributed by atoms with E-state index in [1.807, 2.05) is 0 Å². The Hall–Kier alpha value is -2.49. The second-order valence-electron chi connectivity index (χ2n) is 3.24. The molecule has 0 unspecified atom stereocenters. The Kier molecular flexibility index (Phi) is 3.72. The fourth-order valence-electron chi connectivity index (χ4n) is 1.25. The summed E-state index contributed by atoms with van der Waals surface area (Å²) in [6, 6.07) is 3.36. The van der Waals surface area contributed by atoms with Crippen molar-refractivity contribution in [3.63, 3.8) is 0 Å². The summed E-state index contributed by atoms with van der Waals surface area (Å²) in [5, 5.41) is 21.1. The van der Waals surface area contributed by atoms with Gasteiger partial charge in [-0.2, -0.15) is 5.26 Å². The number of halogens is 1. The van der Waals surface area contributed by atoms with E-state index in [1.54, 1.807) is 6.07 Å². The summed E-state index contributed by atoms with van der Waals surface area (Å²) < 4.78 is 13.1. The van der Waals surface area contributed by atoms with E-state index in [-0.39, 0.29) is 11.3 Å². The SMILES string of the molecule is Cc1c(NC(=O)CC#N)cc(F)cc1[N+](=O)[O-]. The van der Waals surface area contributed by atoms with Crippen LogP contribution in [-0.2, 0) is 4.79 Å². The molecule has 6 nitrogen and oxygen atoms in total. The maximum absolute atomic E-state index is 13.1. The van der Waals surface area contributed by atoms with Crippen LogP contribution < -0.4 is 5.32 Å². The van der Waals surface area contributed by atoms with Gasteiger partial charge in [0, 0.05) is 0 Å². The molecule has 0 aliphatic heterocycles. The van der Waals surface area contributed by atoms with Gasteiger partial charge >= 0.3 is 0 Å². The molecule has 0 atom stereocenters. The van der Waals surface area contributed by atoms with Gasteiger partial charge in [0.05, 0.1) is 28.3 Å². The first-order valence-electron chi connectivity index (χ1n) is 4.57. The van der Waals surface area contributed by atoms with Gasteiger partial charge < -0.3 is 5.32 Å². The van der Waals surface area contributed by atoms with Gasteiger partial charge in [-0.15, -0.1) is 0 Å². The molecule has 0 saturated heterocycles. The molecular formula is C10H8FN3O3. The smallest absolute Gasteiger partial charge is 0.277 e. The highest BCUT2D eigenvalue weighted by molar-refractivity contribution is 5.93. The number of anilines is 1. The van der Waals surface area contributed by atoms with E-state index in [0.717, 1.165) is 12.1 Å². The van der Waals surface area contributed by atoms with Crippen LogP contribution in [0.15, 0.2) is 12.1 Å². The monoisotopic (exact) mass is 237 g/mol. The molecule has 1 aromatic rings. The predicted molar refractivity (Wildman–Crippen MR) is 56.7 cm³/mol. The first-order chi connectivity index (χ1) is 7.95. The number of hydrogen-bond acceptors (Lipinski definition) is 4. The fourth-order valence-corrected chi connectivity index (χ4v) is 1.25. The van der Waals surface area contributed by atoms with Gasteiger partial charge in [0.25, 0.3) is 5.69 Å². The van der Waals surface area contributed by atoms with Crippen molar-refractivity contribution < 1.29 is 14.1 Å². The Morgan fingerprint density at radius 2 is 2.29 bits per heavy atom. The van der Waals surface area contributed by atoms with Crippen molar-refractivity contribution in [1.82, 2.24) is 0 Å². The molecule has 0 fully saturated rings. The Morgan fingerprint density at radius 3 is 2.82 bits per heavy atom. The molecule has 1 aromatic carbocycles. The number of rotatable bonds is 3. The molecule has 7 heteroatoms. The van der Waals surface area contributed by atoms with E-state index in [4.69, 9.17) is 5.26 Å².